The van der Waals surface area contributed by atoms with Crippen molar-refractivity contribution < 1.29 is 5.11 Å². The van der Waals surface area contributed by atoms with Gasteiger partial charge in [0, 0.05) is 12.0 Å². The van der Waals surface area contributed by atoms with E-state index in [-0.39, 0.29) is 6.10 Å². The Balaban J connectivity index is 2.06. The second kappa shape index (κ2) is 2.61. The minimum Gasteiger partial charge on any atom is -0.391 e. The van der Waals surface area contributed by atoms with Crippen molar-refractivity contribution >= 4 is 0 Å². The summed E-state index contributed by atoms with van der Waals surface area (Å²) in [5, 5.41) is 13.0. The number of fused-ring (bicyclic) bond motifs is 2. The maximum Gasteiger partial charge on any atom is 0.0761 e. The van der Waals surface area contributed by atoms with Gasteiger partial charge in [0.2, 0.25) is 0 Å². The van der Waals surface area contributed by atoms with E-state index in [2.05, 4.69) is 24.4 Å². The van der Waals surface area contributed by atoms with Gasteiger partial charge in [0.1, 0.15) is 0 Å². The maximum atomic E-state index is 9.70. The first-order chi connectivity index (χ1) is 5.33. The van der Waals surface area contributed by atoms with Crippen LogP contribution in [0.3, 0.4) is 0 Å². The monoisotopic (exact) mass is 153 g/mol. The number of hydrogen-bond donors (Lipinski definition) is 2. The Morgan fingerprint density at radius 2 is 2.18 bits per heavy atom. The van der Waals surface area contributed by atoms with Crippen LogP contribution in [0.2, 0.25) is 0 Å². The number of hydrogen-bond acceptors (Lipinski definition) is 2. The highest BCUT2D eigenvalue weighted by Crippen LogP contribution is 2.39. The highest BCUT2D eigenvalue weighted by Gasteiger charge is 2.42. The van der Waals surface area contributed by atoms with Crippen molar-refractivity contribution in [3.63, 3.8) is 0 Å². The summed E-state index contributed by atoms with van der Waals surface area (Å²) in [6.07, 6.45) is 5.41. The molecule has 0 aromatic rings. The first-order valence-corrected chi connectivity index (χ1v) is 4.42. The predicted octanol–water partition coefficient (Wildman–Crippen LogP) is 0.531. The molecule has 1 fully saturated rings. The second-order valence-electron chi connectivity index (χ2n) is 3.52. The Bertz CT molecular complexity index is 178. The lowest BCUT2D eigenvalue weighted by Crippen LogP contribution is -2.42. The molecule has 4 atom stereocenters. The molecule has 2 N–H and O–H groups in total. The molecule has 2 heteroatoms. The van der Waals surface area contributed by atoms with Crippen molar-refractivity contribution in [1.29, 1.82) is 0 Å². The quantitative estimate of drug-likeness (QED) is 0.567. The van der Waals surface area contributed by atoms with Crippen LogP contribution in [0.1, 0.15) is 13.3 Å². The number of aliphatic hydroxyl groups is 1. The molecule has 0 heterocycles. The molecule has 11 heavy (non-hydrogen) atoms. The van der Waals surface area contributed by atoms with Crippen molar-refractivity contribution in [3.8, 4) is 0 Å². The zero-order valence-electron chi connectivity index (χ0n) is 6.83. The highest BCUT2D eigenvalue weighted by molar-refractivity contribution is 5.16. The van der Waals surface area contributed by atoms with Crippen LogP contribution in [0, 0.1) is 11.8 Å². The van der Waals surface area contributed by atoms with Gasteiger partial charge < -0.3 is 10.4 Å². The summed E-state index contributed by atoms with van der Waals surface area (Å²) in [7, 11) is 0. The minimum atomic E-state index is -0.134. The zero-order chi connectivity index (χ0) is 7.84. The molecular formula is C9H15NO. The van der Waals surface area contributed by atoms with Gasteiger partial charge in [-0.15, -0.1) is 0 Å². The summed E-state index contributed by atoms with van der Waals surface area (Å²) in [6.45, 7) is 3.04. The van der Waals surface area contributed by atoms with E-state index in [4.69, 9.17) is 0 Å². The summed E-state index contributed by atoms with van der Waals surface area (Å²) in [5.74, 6) is 1.03. The van der Waals surface area contributed by atoms with Gasteiger partial charge in [-0.05, 0) is 18.9 Å². The van der Waals surface area contributed by atoms with E-state index in [1.807, 2.05) is 0 Å². The Morgan fingerprint density at radius 3 is 2.73 bits per heavy atom. The van der Waals surface area contributed by atoms with Crippen LogP contribution in [0.15, 0.2) is 12.2 Å². The molecule has 0 aromatic carbocycles. The number of aliphatic hydroxyl groups excluding tert-OH is 1. The van der Waals surface area contributed by atoms with Gasteiger partial charge in [-0.2, -0.15) is 0 Å². The molecule has 2 nitrogen and oxygen atoms in total. The van der Waals surface area contributed by atoms with Gasteiger partial charge in [0.15, 0.2) is 0 Å². The molecule has 0 spiro atoms. The molecule has 1 saturated carbocycles. The molecule has 2 aliphatic rings. The number of likely N-dealkylation sites (N-methyl/N-ethyl adjacent to an activating group) is 1. The topological polar surface area (TPSA) is 32.3 Å². The molecule has 62 valence electrons. The average molecular weight is 153 g/mol. The Morgan fingerprint density at radius 1 is 1.45 bits per heavy atom. The van der Waals surface area contributed by atoms with E-state index >= 15 is 0 Å². The van der Waals surface area contributed by atoms with Crippen LogP contribution in [0.5, 0.6) is 0 Å². The molecule has 0 aliphatic heterocycles. The zero-order valence-corrected chi connectivity index (χ0v) is 6.83. The van der Waals surface area contributed by atoms with E-state index in [1.54, 1.807) is 0 Å². The lowest BCUT2D eigenvalue weighted by atomic mass is 9.99. The third kappa shape index (κ3) is 1.01. The van der Waals surface area contributed by atoms with Crippen LogP contribution in [0.25, 0.3) is 0 Å². The number of rotatable bonds is 2. The molecule has 4 unspecified atom stereocenters. The smallest absolute Gasteiger partial charge is 0.0761 e. The molecule has 0 aromatic heterocycles. The minimum absolute atomic E-state index is 0.134. The van der Waals surface area contributed by atoms with Gasteiger partial charge >= 0.3 is 0 Å². The normalized spacial score (nSPS) is 47.1. The van der Waals surface area contributed by atoms with E-state index in [0.29, 0.717) is 17.9 Å². The summed E-state index contributed by atoms with van der Waals surface area (Å²) < 4.78 is 0. The first kappa shape index (κ1) is 7.32. The molecule has 0 radical (unpaired) electrons. The van der Waals surface area contributed by atoms with Crippen molar-refractivity contribution in [3.05, 3.63) is 12.2 Å². The largest absolute Gasteiger partial charge is 0.391 e. The van der Waals surface area contributed by atoms with Crippen LogP contribution in [-0.4, -0.2) is 23.8 Å². The fourth-order valence-electron chi connectivity index (χ4n) is 2.30. The first-order valence-electron chi connectivity index (χ1n) is 4.42. The van der Waals surface area contributed by atoms with Crippen molar-refractivity contribution in [2.24, 2.45) is 11.8 Å². The molecule has 2 rings (SSSR count). The van der Waals surface area contributed by atoms with Gasteiger partial charge in [0.05, 0.1) is 6.10 Å². The third-order valence-corrected chi connectivity index (χ3v) is 2.86. The maximum absolute atomic E-state index is 9.70. The van der Waals surface area contributed by atoms with Crippen LogP contribution >= 0.6 is 0 Å². The Kier molecular flexibility index (Phi) is 1.74. The molecule has 0 amide bonds. The number of nitrogens with one attached hydrogen (secondary N) is 1. The van der Waals surface area contributed by atoms with Crippen LogP contribution in [-0.2, 0) is 0 Å². The van der Waals surface area contributed by atoms with E-state index in [0.717, 1.165) is 13.0 Å². The van der Waals surface area contributed by atoms with Gasteiger partial charge in [-0.1, -0.05) is 19.1 Å². The van der Waals surface area contributed by atoms with Crippen LogP contribution in [0.4, 0.5) is 0 Å². The van der Waals surface area contributed by atoms with Gasteiger partial charge in [0.25, 0.3) is 0 Å². The van der Waals surface area contributed by atoms with E-state index in [9.17, 15) is 5.11 Å². The summed E-state index contributed by atoms with van der Waals surface area (Å²) in [6, 6.07) is 0.329. The predicted molar refractivity (Wildman–Crippen MR) is 44.2 cm³/mol. The third-order valence-electron chi connectivity index (χ3n) is 2.86. The summed E-state index contributed by atoms with van der Waals surface area (Å²) in [4.78, 5) is 0. The van der Waals surface area contributed by atoms with Gasteiger partial charge in [-0.25, -0.2) is 0 Å². The fourth-order valence-corrected chi connectivity index (χ4v) is 2.30. The SMILES string of the molecule is CCNC1C2C=CC(C2)C1O. The van der Waals surface area contributed by atoms with Crippen molar-refractivity contribution in [2.45, 2.75) is 25.5 Å². The van der Waals surface area contributed by atoms with E-state index in [1.165, 1.54) is 0 Å². The van der Waals surface area contributed by atoms with Crippen molar-refractivity contribution in [2.75, 3.05) is 6.54 Å². The average Bonchev–Trinajstić information content (AvgIpc) is 2.54. The van der Waals surface area contributed by atoms with Crippen LogP contribution < -0.4 is 5.32 Å². The summed E-state index contributed by atoms with van der Waals surface area (Å²) >= 11 is 0. The molecular weight excluding hydrogens is 138 g/mol. The van der Waals surface area contributed by atoms with Gasteiger partial charge in [-0.3, -0.25) is 0 Å². The second-order valence-corrected chi connectivity index (χ2v) is 3.52. The Hall–Kier alpha value is -0.340. The fraction of sp³-hybridized carbons (Fsp3) is 0.778. The lowest BCUT2D eigenvalue weighted by Gasteiger charge is -2.24. The molecule has 2 aliphatic carbocycles. The van der Waals surface area contributed by atoms with E-state index < -0.39 is 0 Å². The lowest BCUT2D eigenvalue weighted by molar-refractivity contribution is 0.115. The molecule has 0 saturated heterocycles. The highest BCUT2D eigenvalue weighted by atomic mass is 16.3. The standard InChI is InChI=1S/C9H15NO/c1-2-10-8-6-3-4-7(5-6)9(8)11/h3-4,6-11H,2,5H2,1H3. The molecule has 2 bridgehead atoms. The van der Waals surface area contributed by atoms with Crippen molar-refractivity contribution in [1.82, 2.24) is 5.32 Å². The Labute approximate surface area is 67.3 Å². The summed E-state index contributed by atoms with van der Waals surface area (Å²) in [5.41, 5.74) is 0.